The van der Waals surface area contributed by atoms with Crippen LogP contribution in [0, 0.1) is 0 Å². The number of furan rings is 1. The second kappa shape index (κ2) is 7.51. The number of rotatable bonds is 5. The van der Waals surface area contributed by atoms with E-state index >= 15 is 0 Å². The van der Waals surface area contributed by atoms with Gasteiger partial charge in [0.25, 0.3) is 0 Å². The largest absolute Gasteiger partial charge is 0.459 e. The molecule has 2 amide bonds. The van der Waals surface area contributed by atoms with E-state index in [0.29, 0.717) is 30.4 Å². The lowest BCUT2D eigenvalue weighted by Crippen LogP contribution is -2.50. The first-order chi connectivity index (χ1) is 11.6. The smallest absolute Gasteiger partial charge is 0.234 e. The Balaban J connectivity index is 1.50. The highest BCUT2D eigenvalue weighted by atomic mass is 35.5. The number of carbonyl (C=O) groups is 2. The van der Waals surface area contributed by atoms with Crippen molar-refractivity contribution in [1.82, 2.24) is 15.5 Å². The van der Waals surface area contributed by atoms with Crippen LogP contribution in [-0.4, -0.2) is 42.9 Å². The Labute approximate surface area is 144 Å². The Morgan fingerprint density at radius 1 is 1.25 bits per heavy atom. The number of nitrogens with one attached hydrogen (secondary N) is 2. The number of amides is 2. The zero-order chi connectivity index (χ0) is 16.9. The molecule has 24 heavy (non-hydrogen) atoms. The molecule has 0 radical (unpaired) electrons. The van der Waals surface area contributed by atoms with Gasteiger partial charge in [-0.2, -0.15) is 0 Å². The monoisotopic (exact) mass is 347 g/mol. The summed E-state index contributed by atoms with van der Waals surface area (Å²) in [4.78, 5) is 25.1. The van der Waals surface area contributed by atoms with E-state index in [4.69, 9.17) is 16.0 Å². The van der Waals surface area contributed by atoms with Gasteiger partial charge in [-0.05, 0) is 36.4 Å². The first-order valence-corrected chi connectivity index (χ1v) is 8.08. The van der Waals surface area contributed by atoms with Crippen LogP contribution in [0.25, 0.3) is 11.3 Å². The van der Waals surface area contributed by atoms with E-state index in [0.717, 1.165) is 11.3 Å². The van der Waals surface area contributed by atoms with Crippen molar-refractivity contribution in [3.8, 4) is 11.3 Å². The molecule has 1 fully saturated rings. The fraction of sp³-hybridized carbons (Fsp3) is 0.294. The van der Waals surface area contributed by atoms with Crippen LogP contribution in [0.3, 0.4) is 0 Å². The molecule has 0 bridgehead atoms. The summed E-state index contributed by atoms with van der Waals surface area (Å²) in [5, 5.41) is 6.21. The molecule has 3 rings (SSSR count). The summed E-state index contributed by atoms with van der Waals surface area (Å²) in [6.45, 7) is 2.04. The SMILES string of the molecule is O=C1CN(CC(=O)NCc2ccc(-c3ccc(Cl)cc3)o2)CCN1. The third-order valence-electron chi connectivity index (χ3n) is 3.73. The summed E-state index contributed by atoms with van der Waals surface area (Å²) in [5.41, 5.74) is 0.927. The van der Waals surface area contributed by atoms with Gasteiger partial charge in [-0.15, -0.1) is 0 Å². The number of nitrogens with zero attached hydrogens (tertiary/aromatic N) is 1. The first kappa shape index (κ1) is 16.5. The summed E-state index contributed by atoms with van der Waals surface area (Å²) in [6.07, 6.45) is 0. The van der Waals surface area contributed by atoms with Gasteiger partial charge >= 0.3 is 0 Å². The third kappa shape index (κ3) is 4.37. The molecular weight excluding hydrogens is 330 g/mol. The first-order valence-electron chi connectivity index (χ1n) is 7.70. The highest BCUT2D eigenvalue weighted by Crippen LogP contribution is 2.23. The van der Waals surface area contributed by atoms with E-state index < -0.39 is 0 Å². The molecule has 0 unspecified atom stereocenters. The normalized spacial score (nSPS) is 15.1. The standard InChI is InChI=1S/C17H18ClN3O3/c18-13-3-1-12(2-4-13)15-6-5-14(24-15)9-20-17(23)11-21-8-7-19-16(22)10-21/h1-6H,7-11H2,(H,19,22)(H,20,23). The van der Waals surface area contributed by atoms with E-state index in [9.17, 15) is 9.59 Å². The summed E-state index contributed by atoms with van der Waals surface area (Å²) >= 11 is 5.87. The van der Waals surface area contributed by atoms with Crippen LogP contribution in [0.15, 0.2) is 40.8 Å². The van der Waals surface area contributed by atoms with Crippen molar-refractivity contribution in [2.24, 2.45) is 0 Å². The summed E-state index contributed by atoms with van der Waals surface area (Å²) in [6, 6.07) is 11.1. The quantitative estimate of drug-likeness (QED) is 0.862. The number of carbonyl (C=O) groups excluding carboxylic acids is 2. The van der Waals surface area contributed by atoms with Gasteiger partial charge in [0, 0.05) is 23.7 Å². The van der Waals surface area contributed by atoms with E-state index in [1.165, 1.54) is 0 Å². The van der Waals surface area contributed by atoms with Gasteiger partial charge in [0.2, 0.25) is 11.8 Å². The van der Waals surface area contributed by atoms with Crippen LogP contribution in [0.1, 0.15) is 5.76 Å². The Morgan fingerprint density at radius 2 is 2.04 bits per heavy atom. The molecule has 7 heteroatoms. The van der Waals surface area contributed by atoms with Gasteiger partial charge in [-0.3, -0.25) is 14.5 Å². The van der Waals surface area contributed by atoms with Gasteiger partial charge in [-0.1, -0.05) is 11.6 Å². The molecule has 0 spiro atoms. The number of hydrogen-bond donors (Lipinski definition) is 2. The van der Waals surface area contributed by atoms with Crippen LogP contribution >= 0.6 is 11.6 Å². The number of piperazine rings is 1. The minimum atomic E-state index is -0.130. The molecule has 1 aliphatic rings. The third-order valence-corrected chi connectivity index (χ3v) is 3.99. The van der Waals surface area contributed by atoms with Crippen LogP contribution in [0.2, 0.25) is 5.02 Å². The fourth-order valence-corrected chi connectivity index (χ4v) is 2.64. The molecule has 0 atom stereocenters. The van der Waals surface area contributed by atoms with Gasteiger partial charge in [0.05, 0.1) is 19.6 Å². The molecule has 6 nitrogen and oxygen atoms in total. The van der Waals surface area contributed by atoms with E-state index in [1.807, 2.05) is 29.2 Å². The molecule has 1 aromatic carbocycles. The molecule has 1 saturated heterocycles. The van der Waals surface area contributed by atoms with Crippen LogP contribution in [0.4, 0.5) is 0 Å². The van der Waals surface area contributed by atoms with E-state index in [1.54, 1.807) is 12.1 Å². The highest BCUT2D eigenvalue weighted by Gasteiger charge is 2.18. The summed E-state index contributed by atoms with van der Waals surface area (Å²) in [5.74, 6) is 1.22. The minimum absolute atomic E-state index is 0.0484. The molecule has 1 aromatic heterocycles. The minimum Gasteiger partial charge on any atom is -0.459 e. The second-order valence-corrected chi connectivity index (χ2v) is 6.05. The zero-order valence-electron chi connectivity index (χ0n) is 13.0. The van der Waals surface area contributed by atoms with Crippen molar-refractivity contribution in [2.45, 2.75) is 6.54 Å². The number of benzene rings is 1. The Hall–Kier alpha value is -2.31. The average Bonchev–Trinajstić information content (AvgIpc) is 3.03. The summed E-state index contributed by atoms with van der Waals surface area (Å²) < 4.78 is 5.73. The molecular formula is C17H18ClN3O3. The van der Waals surface area contributed by atoms with Crippen molar-refractivity contribution in [3.63, 3.8) is 0 Å². The second-order valence-electron chi connectivity index (χ2n) is 5.61. The topological polar surface area (TPSA) is 74.6 Å². The van der Waals surface area contributed by atoms with Crippen LogP contribution in [-0.2, 0) is 16.1 Å². The van der Waals surface area contributed by atoms with Crippen molar-refractivity contribution in [3.05, 3.63) is 47.2 Å². The van der Waals surface area contributed by atoms with Gasteiger partial charge in [-0.25, -0.2) is 0 Å². The lowest BCUT2D eigenvalue weighted by molar-refractivity contribution is -0.127. The van der Waals surface area contributed by atoms with E-state index in [-0.39, 0.29) is 24.9 Å². The maximum Gasteiger partial charge on any atom is 0.234 e. The molecule has 2 aromatic rings. The fourth-order valence-electron chi connectivity index (χ4n) is 2.51. The van der Waals surface area contributed by atoms with Gasteiger partial charge < -0.3 is 15.1 Å². The zero-order valence-corrected chi connectivity index (χ0v) is 13.8. The number of halogens is 1. The van der Waals surface area contributed by atoms with Crippen molar-refractivity contribution >= 4 is 23.4 Å². The average molecular weight is 348 g/mol. The number of hydrogen-bond acceptors (Lipinski definition) is 4. The van der Waals surface area contributed by atoms with Gasteiger partial charge in [0.15, 0.2) is 0 Å². The van der Waals surface area contributed by atoms with Crippen molar-refractivity contribution < 1.29 is 14.0 Å². The highest BCUT2D eigenvalue weighted by molar-refractivity contribution is 6.30. The van der Waals surface area contributed by atoms with Crippen molar-refractivity contribution in [1.29, 1.82) is 0 Å². The lowest BCUT2D eigenvalue weighted by atomic mass is 10.2. The molecule has 1 aliphatic heterocycles. The predicted molar refractivity (Wildman–Crippen MR) is 90.5 cm³/mol. The molecule has 0 saturated carbocycles. The maximum atomic E-state index is 12.0. The van der Waals surface area contributed by atoms with Crippen molar-refractivity contribution in [2.75, 3.05) is 26.2 Å². The van der Waals surface area contributed by atoms with Gasteiger partial charge in [0.1, 0.15) is 11.5 Å². The predicted octanol–water partition coefficient (Wildman–Crippen LogP) is 1.65. The lowest BCUT2D eigenvalue weighted by Gasteiger charge is -2.25. The Morgan fingerprint density at radius 3 is 2.79 bits per heavy atom. The molecule has 126 valence electrons. The Bertz CT molecular complexity index is 727. The van der Waals surface area contributed by atoms with Crippen LogP contribution in [0.5, 0.6) is 0 Å². The molecule has 2 N–H and O–H groups in total. The van der Waals surface area contributed by atoms with E-state index in [2.05, 4.69) is 10.6 Å². The molecule has 2 heterocycles. The van der Waals surface area contributed by atoms with Crippen LogP contribution < -0.4 is 10.6 Å². The Kier molecular flexibility index (Phi) is 5.17. The maximum absolute atomic E-state index is 12.0. The summed E-state index contributed by atoms with van der Waals surface area (Å²) in [7, 11) is 0. The molecule has 0 aliphatic carbocycles.